The first kappa shape index (κ1) is 23.1. The smallest absolute Gasteiger partial charge is 0.431 e. The van der Waals surface area contributed by atoms with Crippen LogP contribution >= 0.6 is 0 Å². The number of carbonyl (C=O) groups is 1. The van der Waals surface area contributed by atoms with Gasteiger partial charge >= 0.3 is 6.18 Å². The molecule has 10 heteroatoms. The van der Waals surface area contributed by atoms with Crippen molar-refractivity contribution >= 4 is 15.7 Å². The van der Waals surface area contributed by atoms with Crippen LogP contribution in [0.1, 0.15) is 47.4 Å². The number of alkyl halides is 3. The summed E-state index contributed by atoms with van der Waals surface area (Å²) in [6.45, 7) is 0.575. The Labute approximate surface area is 206 Å². The van der Waals surface area contributed by atoms with E-state index in [1.54, 1.807) is 29.2 Å². The number of likely N-dealkylation sites (tertiary alicyclic amines) is 1. The Kier molecular flexibility index (Phi) is 5.06. The SMILES string of the molecule is O=C(c1ccc(S(=O)(=O)C2CC2)cc1)N1CCC2(CC1)Oc1ccccc1-n1c(C(F)(F)F)ccc12. The number of amides is 1. The number of piperidine rings is 1. The lowest BCUT2D eigenvalue weighted by Gasteiger charge is -2.45. The van der Waals surface area contributed by atoms with Gasteiger partial charge in [-0.05, 0) is 61.4 Å². The lowest BCUT2D eigenvalue weighted by molar-refractivity contribution is -0.143. The van der Waals surface area contributed by atoms with Crippen molar-refractivity contribution in [2.45, 2.75) is 47.6 Å². The number of aromatic nitrogens is 1. The second-order valence-corrected chi connectivity index (χ2v) is 11.8. The molecule has 1 saturated carbocycles. The minimum atomic E-state index is -4.53. The fraction of sp³-hybridized carbons (Fsp3) is 0.346. The number of halogens is 3. The zero-order valence-corrected chi connectivity index (χ0v) is 20.0. The van der Waals surface area contributed by atoms with E-state index < -0.39 is 27.3 Å². The van der Waals surface area contributed by atoms with Gasteiger partial charge in [0.05, 0.1) is 21.5 Å². The fourth-order valence-corrected chi connectivity index (χ4v) is 6.89. The molecule has 0 bridgehead atoms. The third kappa shape index (κ3) is 3.61. The second kappa shape index (κ2) is 7.86. The maximum atomic E-state index is 13.8. The fourth-order valence-electron chi connectivity index (χ4n) is 5.23. The summed E-state index contributed by atoms with van der Waals surface area (Å²) < 4.78 is 73.8. The molecule has 0 N–H and O–H groups in total. The van der Waals surface area contributed by atoms with Crippen molar-refractivity contribution in [2.75, 3.05) is 13.1 Å². The molecule has 1 amide bonds. The van der Waals surface area contributed by atoms with E-state index in [9.17, 15) is 26.4 Å². The highest BCUT2D eigenvalue weighted by atomic mass is 32.2. The third-order valence-electron chi connectivity index (χ3n) is 7.30. The highest BCUT2D eigenvalue weighted by Gasteiger charge is 2.48. The van der Waals surface area contributed by atoms with E-state index in [-0.39, 0.29) is 29.1 Å². The van der Waals surface area contributed by atoms with E-state index in [1.807, 2.05) is 0 Å². The Morgan fingerprint density at radius 1 is 0.944 bits per heavy atom. The van der Waals surface area contributed by atoms with Crippen LogP contribution in [0, 0.1) is 0 Å². The lowest BCUT2D eigenvalue weighted by Crippen LogP contribution is -2.50. The summed E-state index contributed by atoms with van der Waals surface area (Å²) in [6.07, 6.45) is -2.55. The second-order valence-electron chi connectivity index (χ2n) is 9.56. The number of rotatable bonds is 3. The number of fused-ring (bicyclic) bond motifs is 4. The number of nitrogens with zero attached hydrogens (tertiary/aromatic N) is 2. The summed E-state index contributed by atoms with van der Waals surface area (Å²) >= 11 is 0. The van der Waals surface area contributed by atoms with Crippen LogP contribution < -0.4 is 4.74 Å². The summed E-state index contributed by atoms with van der Waals surface area (Å²) in [4.78, 5) is 15.0. The van der Waals surface area contributed by atoms with E-state index in [0.717, 1.165) is 6.07 Å². The molecule has 1 aliphatic carbocycles. The molecule has 2 fully saturated rings. The Morgan fingerprint density at radius 2 is 1.61 bits per heavy atom. The van der Waals surface area contributed by atoms with Crippen LogP contribution in [0.15, 0.2) is 65.6 Å². The highest BCUT2D eigenvalue weighted by Crippen LogP contribution is 2.48. The first-order valence-corrected chi connectivity index (χ1v) is 13.4. The molecule has 3 heterocycles. The van der Waals surface area contributed by atoms with Crippen molar-refractivity contribution in [3.8, 4) is 11.4 Å². The summed E-state index contributed by atoms with van der Waals surface area (Å²) in [6, 6.07) is 15.2. The standard InChI is InChI=1S/C26H23F3N2O4S/c27-26(28,29)23-12-11-22-25(35-21-4-2-1-3-20(21)31(22)23)13-15-30(16-14-25)24(32)17-5-7-18(8-6-17)36(33,34)19-9-10-19/h1-8,11-12,19H,9-10,13-16H2. The van der Waals surface area contributed by atoms with Crippen LogP contribution in [0.3, 0.4) is 0 Å². The lowest BCUT2D eigenvalue weighted by atomic mass is 9.86. The Balaban J connectivity index is 1.25. The van der Waals surface area contributed by atoms with Crippen molar-refractivity contribution in [2.24, 2.45) is 0 Å². The number of benzene rings is 2. The number of hydrogen-bond donors (Lipinski definition) is 0. The molecule has 0 atom stereocenters. The molecule has 2 aliphatic heterocycles. The topological polar surface area (TPSA) is 68.6 Å². The van der Waals surface area contributed by atoms with Crippen LogP contribution in [-0.4, -0.2) is 42.1 Å². The summed E-state index contributed by atoms with van der Waals surface area (Å²) in [7, 11) is -3.34. The Bertz CT molecular complexity index is 1450. The molecule has 0 unspecified atom stereocenters. The maximum absolute atomic E-state index is 13.8. The minimum Gasteiger partial charge on any atom is -0.479 e. The van der Waals surface area contributed by atoms with Gasteiger partial charge in [0, 0.05) is 31.5 Å². The van der Waals surface area contributed by atoms with E-state index in [0.29, 0.717) is 48.4 Å². The van der Waals surface area contributed by atoms with Crippen molar-refractivity contribution in [3.05, 3.63) is 77.6 Å². The van der Waals surface area contributed by atoms with Gasteiger partial charge in [0.15, 0.2) is 15.4 Å². The molecular formula is C26H23F3N2O4S. The number of carbonyl (C=O) groups excluding carboxylic acids is 1. The maximum Gasteiger partial charge on any atom is 0.431 e. The first-order valence-electron chi connectivity index (χ1n) is 11.8. The van der Waals surface area contributed by atoms with Crippen molar-refractivity contribution < 1.29 is 31.1 Å². The van der Waals surface area contributed by atoms with Crippen molar-refractivity contribution in [3.63, 3.8) is 0 Å². The van der Waals surface area contributed by atoms with Crippen LogP contribution in [0.4, 0.5) is 13.2 Å². The van der Waals surface area contributed by atoms with E-state index in [1.165, 1.54) is 34.9 Å². The molecule has 3 aromatic rings. The molecule has 3 aliphatic rings. The first-order chi connectivity index (χ1) is 17.1. The molecule has 6 nitrogen and oxygen atoms in total. The Hall–Kier alpha value is -3.27. The van der Waals surface area contributed by atoms with Gasteiger partial charge in [-0.15, -0.1) is 0 Å². The van der Waals surface area contributed by atoms with Crippen molar-refractivity contribution in [1.29, 1.82) is 0 Å². The quantitative estimate of drug-likeness (QED) is 0.494. The molecule has 1 aromatic heterocycles. The summed E-state index contributed by atoms with van der Waals surface area (Å²) in [5.41, 5.74) is -0.604. The summed E-state index contributed by atoms with van der Waals surface area (Å²) in [5.74, 6) is 0.127. The zero-order valence-electron chi connectivity index (χ0n) is 19.2. The molecule has 2 aromatic carbocycles. The van der Waals surface area contributed by atoms with Gasteiger partial charge in [-0.3, -0.25) is 4.79 Å². The van der Waals surface area contributed by atoms with Gasteiger partial charge in [0.2, 0.25) is 0 Å². The largest absolute Gasteiger partial charge is 0.479 e. The number of hydrogen-bond acceptors (Lipinski definition) is 4. The number of ether oxygens (including phenoxy) is 1. The van der Waals surface area contributed by atoms with Gasteiger partial charge in [0.1, 0.15) is 11.4 Å². The molecule has 1 spiro atoms. The van der Waals surface area contributed by atoms with Gasteiger partial charge in [-0.2, -0.15) is 13.2 Å². The predicted octanol–water partition coefficient (Wildman–Crippen LogP) is 4.96. The normalized spacial score (nSPS) is 18.9. The highest BCUT2D eigenvalue weighted by molar-refractivity contribution is 7.92. The number of para-hydroxylation sites is 2. The molecular weight excluding hydrogens is 493 g/mol. The zero-order chi connectivity index (χ0) is 25.3. The van der Waals surface area contributed by atoms with Crippen LogP contribution in [0.25, 0.3) is 5.69 Å². The molecule has 36 heavy (non-hydrogen) atoms. The van der Waals surface area contributed by atoms with Crippen LogP contribution in [0.2, 0.25) is 0 Å². The third-order valence-corrected chi connectivity index (χ3v) is 9.58. The van der Waals surface area contributed by atoms with E-state index in [2.05, 4.69) is 0 Å². The van der Waals surface area contributed by atoms with Crippen LogP contribution in [-0.2, 0) is 21.6 Å². The van der Waals surface area contributed by atoms with Crippen LogP contribution in [0.5, 0.6) is 5.75 Å². The average molecular weight is 517 g/mol. The minimum absolute atomic E-state index is 0.217. The molecule has 0 radical (unpaired) electrons. The average Bonchev–Trinajstić information content (AvgIpc) is 3.62. The van der Waals surface area contributed by atoms with E-state index in [4.69, 9.17) is 4.74 Å². The monoisotopic (exact) mass is 516 g/mol. The molecule has 6 rings (SSSR count). The molecule has 1 saturated heterocycles. The van der Waals surface area contributed by atoms with Gasteiger partial charge in [-0.1, -0.05) is 12.1 Å². The van der Waals surface area contributed by atoms with Gasteiger partial charge < -0.3 is 14.2 Å². The van der Waals surface area contributed by atoms with E-state index >= 15 is 0 Å². The predicted molar refractivity (Wildman–Crippen MR) is 125 cm³/mol. The summed E-state index contributed by atoms with van der Waals surface area (Å²) in [5, 5.41) is -0.324. The Morgan fingerprint density at radius 3 is 2.25 bits per heavy atom. The van der Waals surface area contributed by atoms with Crippen molar-refractivity contribution in [1.82, 2.24) is 9.47 Å². The van der Waals surface area contributed by atoms with Gasteiger partial charge in [0.25, 0.3) is 5.91 Å². The number of sulfone groups is 1. The molecule has 188 valence electrons. The van der Waals surface area contributed by atoms with Gasteiger partial charge in [-0.25, -0.2) is 8.42 Å².